The average Bonchev–Trinajstić information content (AvgIpc) is 2.63. The van der Waals surface area contributed by atoms with Crippen LogP contribution in [0.5, 0.6) is 0 Å². The van der Waals surface area contributed by atoms with Gasteiger partial charge in [0.1, 0.15) is 10.1 Å². The molecule has 26 heavy (non-hydrogen) atoms. The molecule has 130 valence electrons. The molecule has 2 heterocycles. The maximum Gasteiger partial charge on any atom is 0.290 e. The molecule has 0 unspecified atom stereocenters. The van der Waals surface area contributed by atoms with Gasteiger partial charge in [-0.15, -0.1) is 0 Å². The number of rotatable bonds is 6. The number of pyridine rings is 2. The summed E-state index contributed by atoms with van der Waals surface area (Å²) in [5.41, 5.74) is -0.671. The van der Waals surface area contributed by atoms with E-state index in [9.17, 15) is 20.2 Å². The molecule has 0 fully saturated rings. The van der Waals surface area contributed by atoms with E-state index >= 15 is 0 Å². The van der Waals surface area contributed by atoms with Gasteiger partial charge in [-0.05, 0) is 30.3 Å². The molecule has 0 amide bonds. The normalized spacial score (nSPS) is 10.5. The summed E-state index contributed by atoms with van der Waals surface area (Å²) in [6, 6.07) is 12.8. The molecule has 1 aromatic carbocycles. The maximum absolute atomic E-state index is 11.4. The van der Waals surface area contributed by atoms with Crippen LogP contribution in [-0.4, -0.2) is 19.8 Å². The number of aromatic nitrogens is 2. The predicted molar refractivity (Wildman–Crippen MR) is 96.5 cm³/mol. The minimum absolute atomic E-state index is 0.276. The number of nitro benzene ring substituents is 2. The molecule has 0 aliphatic rings. The Morgan fingerprint density at radius 1 is 0.731 bits per heavy atom. The molecular weight excluding hydrogens is 376 g/mol. The number of nitrogens with zero attached hydrogens (tertiary/aromatic N) is 4. The lowest BCUT2D eigenvalue weighted by molar-refractivity contribution is -0.397. The molecule has 3 rings (SSSR count). The number of hydrogen-bond donors (Lipinski definition) is 0. The third-order valence-electron chi connectivity index (χ3n) is 3.14. The van der Waals surface area contributed by atoms with Gasteiger partial charge in [0.25, 0.3) is 11.4 Å². The van der Waals surface area contributed by atoms with Gasteiger partial charge in [0.15, 0.2) is 0 Å². The summed E-state index contributed by atoms with van der Waals surface area (Å²) >= 11 is 2.16. The second-order valence-corrected chi connectivity index (χ2v) is 6.97. The Morgan fingerprint density at radius 2 is 1.19 bits per heavy atom. The van der Waals surface area contributed by atoms with Gasteiger partial charge >= 0.3 is 0 Å². The third kappa shape index (κ3) is 4.16. The van der Waals surface area contributed by atoms with Crippen molar-refractivity contribution in [1.29, 1.82) is 0 Å². The third-order valence-corrected chi connectivity index (χ3v) is 5.13. The zero-order valence-corrected chi connectivity index (χ0v) is 14.6. The first-order valence-corrected chi connectivity index (χ1v) is 8.82. The van der Waals surface area contributed by atoms with E-state index in [2.05, 4.69) is 9.97 Å². The zero-order chi connectivity index (χ0) is 18.5. The van der Waals surface area contributed by atoms with Crippen molar-refractivity contribution in [3.63, 3.8) is 0 Å². The van der Waals surface area contributed by atoms with Gasteiger partial charge in [-0.25, -0.2) is 9.97 Å². The first kappa shape index (κ1) is 17.8. The van der Waals surface area contributed by atoms with Gasteiger partial charge in [0.05, 0.1) is 25.7 Å². The lowest BCUT2D eigenvalue weighted by atomic mass is 10.3. The number of nitro groups is 2. The minimum atomic E-state index is -0.631. The van der Waals surface area contributed by atoms with Crippen molar-refractivity contribution < 1.29 is 9.85 Å². The van der Waals surface area contributed by atoms with Gasteiger partial charge in [0.2, 0.25) is 0 Å². The molecule has 10 heteroatoms. The Morgan fingerprint density at radius 3 is 1.54 bits per heavy atom. The summed E-state index contributed by atoms with van der Waals surface area (Å²) in [6.45, 7) is 0. The molecule has 0 saturated heterocycles. The monoisotopic (exact) mass is 386 g/mol. The Kier molecular flexibility index (Phi) is 5.44. The van der Waals surface area contributed by atoms with E-state index in [0.29, 0.717) is 10.1 Å². The smallest absolute Gasteiger partial charge is 0.258 e. The van der Waals surface area contributed by atoms with Crippen LogP contribution in [0.1, 0.15) is 0 Å². The van der Waals surface area contributed by atoms with Crippen LogP contribution < -0.4 is 0 Å². The molecule has 0 bridgehead atoms. The Labute approximate surface area is 156 Å². The highest BCUT2D eigenvalue weighted by Crippen LogP contribution is 2.43. The van der Waals surface area contributed by atoms with Crippen LogP contribution in [0.15, 0.2) is 80.8 Å². The van der Waals surface area contributed by atoms with E-state index in [1.54, 1.807) is 48.8 Å². The summed E-state index contributed by atoms with van der Waals surface area (Å²) in [6.07, 6.45) is 3.15. The van der Waals surface area contributed by atoms with Crippen molar-refractivity contribution in [3.05, 3.63) is 81.2 Å². The minimum Gasteiger partial charge on any atom is -0.258 e. The van der Waals surface area contributed by atoms with E-state index < -0.39 is 9.85 Å². The highest BCUT2D eigenvalue weighted by atomic mass is 32.2. The summed E-state index contributed by atoms with van der Waals surface area (Å²) in [5.74, 6) is 0. The topological polar surface area (TPSA) is 112 Å². The summed E-state index contributed by atoms with van der Waals surface area (Å²) < 4.78 is 0. The molecule has 0 aliphatic heterocycles. The van der Waals surface area contributed by atoms with Crippen LogP contribution in [0.4, 0.5) is 11.4 Å². The van der Waals surface area contributed by atoms with Gasteiger partial charge < -0.3 is 0 Å². The van der Waals surface area contributed by atoms with E-state index in [1.165, 1.54) is 6.07 Å². The van der Waals surface area contributed by atoms with Crippen LogP contribution in [0.3, 0.4) is 0 Å². The quantitative estimate of drug-likeness (QED) is 0.446. The van der Waals surface area contributed by atoms with Gasteiger partial charge in [-0.2, -0.15) is 0 Å². The fourth-order valence-corrected chi connectivity index (χ4v) is 3.90. The SMILES string of the molecule is O=[N+]([O-])c1cc([N+](=O)[O-])c(Sc2ccccn2)cc1Sc1ccccn1. The Bertz CT molecular complexity index is 880. The summed E-state index contributed by atoms with van der Waals surface area (Å²) in [4.78, 5) is 30.3. The van der Waals surface area contributed by atoms with Crippen molar-refractivity contribution >= 4 is 34.9 Å². The molecule has 0 aliphatic carbocycles. The molecule has 0 spiro atoms. The largest absolute Gasteiger partial charge is 0.290 e. The first-order chi connectivity index (χ1) is 12.5. The molecule has 8 nitrogen and oxygen atoms in total. The van der Waals surface area contributed by atoms with Crippen molar-refractivity contribution in [1.82, 2.24) is 9.97 Å². The highest BCUT2D eigenvalue weighted by Gasteiger charge is 2.26. The van der Waals surface area contributed by atoms with Crippen molar-refractivity contribution in [2.75, 3.05) is 0 Å². The number of benzene rings is 1. The fourth-order valence-electron chi connectivity index (χ4n) is 2.03. The van der Waals surface area contributed by atoms with E-state index in [-0.39, 0.29) is 21.2 Å². The van der Waals surface area contributed by atoms with E-state index in [1.807, 2.05) is 0 Å². The zero-order valence-electron chi connectivity index (χ0n) is 13.0. The lowest BCUT2D eigenvalue weighted by Crippen LogP contribution is -1.97. The first-order valence-electron chi connectivity index (χ1n) is 7.19. The van der Waals surface area contributed by atoms with Crippen LogP contribution in [-0.2, 0) is 0 Å². The standard InChI is InChI=1S/C16H10N4O4S2/c21-19(22)11-9-12(20(23)24)14(26-16-6-2-4-8-18-16)10-13(11)25-15-5-1-3-7-17-15/h1-10H. The molecule has 0 atom stereocenters. The molecular formula is C16H10N4O4S2. The van der Waals surface area contributed by atoms with Crippen LogP contribution in [0.25, 0.3) is 0 Å². The molecule has 3 aromatic rings. The maximum atomic E-state index is 11.4. The van der Waals surface area contributed by atoms with Gasteiger partial charge in [-0.1, -0.05) is 35.7 Å². The molecule has 2 aromatic heterocycles. The fraction of sp³-hybridized carbons (Fsp3) is 0. The van der Waals surface area contributed by atoms with Crippen LogP contribution in [0, 0.1) is 20.2 Å². The second kappa shape index (κ2) is 7.93. The number of hydrogen-bond acceptors (Lipinski definition) is 8. The van der Waals surface area contributed by atoms with Gasteiger partial charge in [-0.3, -0.25) is 20.2 Å². The van der Waals surface area contributed by atoms with E-state index in [4.69, 9.17) is 0 Å². The highest BCUT2D eigenvalue weighted by molar-refractivity contribution is 8.00. The predicted octanol–water partition coefficient (Wildman–Crippen LogP) is 4.60. The van der Waals surface area contributed by atoms with Crippen LogP contribution in [0.2, 0.25) is 0 Å². The van der Waals surface area contributed by atoms with Gasteiger partial charge in [0, 0.05) is 12.4 Å². The summed E-state index contributed by atoms with van der Waals surface area (Å²) in [7, 11) is 0. The molecule has 0 radical (unpaired) electrons. The lowest BCUT2D eigenvalue weighted by Gasteiger charge is -2.07. The van der Waals surface area contributed by atoms with E-state index in [0.717, 1.165) is 29.6 Å². The molecule has 0 N–H and O–H groups in total. The molecule has 0 saturated carbocycles. The average molecular weight is 386 g/mol. The van der Waals surface area contributed by atoms with Crippen molar-refractivity contribution in [3.8, 4) is 0 Å². The second-order valence-electron chi connectivity index (χ2n) is 4.84. The van der Waals surface area contributed by atoms with Crippen molar-refractivity contribution in [2.24, 2.45) is 0 Å². The van der Waals surface area contributed by atoms with Crippen LogP contribution >= 0.6 is 23.5 Å². The Hall–Kier alpha value is -2.98. The van der Waals surface area contributed by atoms with Crippen molar-refractivity contribution in [2.45, 2.75) is 19.8 Å². The summed E-state index contributed by atoms with van der Waals surface area (Å²) in [5, 5.41) is 23.9. The Balaban J connectivity index is 2.08.